The predicted molar refractivity (Wildman–Crippen MR) is 77.4 cm³/mol. The summed E-state index contributed by atoms with van der Waals surface area (Å²) >= 11 is 0. The molecular formula is C15H12N4O. The molecule has 98 valence electrons. The molecule has 0 aliphatic carbocycles. The lowest BCUT2D eigenvalue weighted by atomic mass is 10.2. The number of pyridine rings is 1. The summed E-state index contributed by atoms with van der Waals surface area (Å²) in [6.07, 6.45) is 8.29. The molecule has 2 heterocycles. The van der Waals surface area contributed by atoms with Crippen molar-refractivity contribution in [2.75, 3.05) is 5.43 Å². The smallest absolute Gasteiger partial charge is 0.181 e. The fraction of sp³-hybridized carbons (Fsp3) is 0. The molecule has 2 aromatic heterocycles. The van der Waals surface area contributed by atoms with Gasteiger partial charge in [0.15, 0.2) is 12.2 Å². The van der Waals surface area contributed by atoms with Crippen molar-refractivity contribution in [1.82, 2.24) is 9.97 Å². The Morgan fingerprint density at radius 1 is 1.10 bits per heavy atom. The topological polar surface area (TPSA) is 63.3 Å². The molecule has 0 aliphatic heterocycles. The molecule has 3 aromatic rings. The van der Waals surface area contributed by atoms with Gasteiger partial charge < -0.3 is 4.42 Å². The van der Waals surface area contributed by atoms with Crippen LogP contribution in [0.25, 0.3) is 11.3 Å². The van der Waals surface area contributed by atoms with Gasteiger partial charge in [0, 0.05) is 18.0 Å². The van der Waals surface area contributed by atoms with Crippen LogP contribution in [0.4, 0.5) is 5.69 Å². The molecule has 0 atom stereocenters. The van der Waals surface area contributed by atoms with Gasteiger partial charge in [0.2, 0.25) is 0 Å². The van der Waals surface area contributed by atoms with Gasteiger partial charge in [-0.15, -0.1) is 0 Å². The Morgan fingerprint density at radius 3 is 2.80 bits per heavy atom. The van der Waals surface area contributed by atoms with Crippen molar-refractivity contribution in [3.63, 3.8) is 0 Å². The minimum absolute atomic E-state index is 0.728. The van der Waals surface area contributed by atoms with Gasteiger partial charge in [0.05, 0.1) is 18.1 Å². The normalized spacial score (nSPS) is 10.8. The van der Waals surface area contributed by atoms with E-state index in [1.807, 2.05) is 36.4 Å². The Balaban J connectivity index is 1.72. The molecule has 5 nitrogen and oxygen atoms in total. The van der Waals surface area contributed by atoms with Crippen molar-refractivity contribution in [1.29, 1.82) is 0 Å². The fourth-order valence-corrected chi connectivity index (χ4v) is 1.73. The maximum atomic E-state index is 5.26. The highest BCUT2D eigenvalue weighted by Crippen LogP contribution is 2.21. The molecule has 3 rings (SSSR count). The molecule has 0 spiro atoms. The molecule has 1 aromatic carbocycles. The largest absolute Gasteiger partial charge is 0.444 e. The number of hydrogen-bond donors (Lipinski definition) is 1. The number of anilines is 1. The average Bonchev–Trinajstić information content (AvgIpc) is 3.03. The molecule has 0 saturated carbocycles. The third-order valence-electron chi connectivity index (χ3n) is 2.69. The van der Waals surface area contributed by atoms with E-state index in [9.17, 15) is 0 Å². The number of nitrogens with zero attached hydrogens (tertiary/aromatic N) is 3. The highest BCUT2D eigenvalue weighted by atomic mass is 16.3. The van der Waals surface area contributed by atoms with Crippen LogP contribution in [-0.2, 0) is 0 Å². The summed E-state index contributed by atoms with van der Waals surface area (Å²) in [4.78, 5) is 7.86. The van der Waals surface area contributed by atoms with Crippen LogP contribution in [0.3, 0.4) is 0 Å². The Hall–Kier alpha value is -2.95. The first-order valence-corrected chi connectivity index (χ1v) is 6.10. The van der Waals surface area contributed by atoms with E-state index in [1.165, 1.54) is 6.39 Å². The summed E-state index contributed by atoms with van der Waals surface area (Å²) in [5.74, 6) is 0.728. The number of hydrogen-bond acceptors (Lipinski definition) is 5. The van der Waals surface area contributed by atoms with Crippen LogP contribution in [0.15, 0.2) is 70.9 Å². The van der Waals surface area contributed by atoms with Crippen molar-refractivity contribution in [2.24, 2.45) is 5.10 Å². The molecule has 0 radical (unpaired) electrons. The standard InChI is InChI=1S/C15H12N4O/c1-2-13(15-10-17-11-20-15)8-14(3-1)19-18-9-12-4-6-16-7-5-12/h1-11,19H. The first-order valence-electron chi connectivity index (χ1n) is 6.10. The SMILES string of the molecule is C(=NNc1cccc(-c2cnco2)c1)c1ccncc1. The number of rotatable bonds is 4. The highest BCUT2D eigenvalue weighted by molar-refractivity contribution is 5.79. The van der Waals surface area contributed by atoms with Crippen LogP contribution in [0.2, 0.25) is 0 Å². The van der Waals surface area contributed by atoms with E-state index < -0.39 is 0 Å². The number of nitrogens with one attached hydrogen (secondary N) is 1. The van der Waals surface area contributed by atoms with Crippen LogP contribution < -0.4 is 5.43 Å². The Bertz CT molecular complexity index is 693. The molecule has 0 fully saturated rings. The van der Waals surface area contributed by atoms with Gasteiger partial charge >= 0.3 is 0 Å². The molecule has 0 unspecified atom stereocenters. The van der Waals surface area contributed by atoms with Crippen molar-refractivity contribution < 1.29 is 4.42 Å². The third kappa shape index (κ3) is 2.89. The second kappa shape index (κ2) is 5.79. The van der Waals surface area contributed by atoms with Gasteiger partial charge in [-0.05, 0) is 29.8 Å². The van der Waals surface area contributed by atoms with E-state index in [4.69, 9.17) is 4.42 Å². The molecular weight excluding hydrogens is 252 g/mol. The predicted octanol–water partition coefficient (Wildman–Crippen LogP) is 3.18. The summed E-state index contributed by atoms with van der Waals surface area (Å²) in [6.45, 7) is 0. The lowest BCUT2D eigenvalue weighted by Crippen LogP contribution is -1.91. The summed E-state index contributed by atoms with van der Waals surface area (Å²) in [6, 6.07) is 11.5. The van der Waals surface area contributed by atoms with Gasteiger partial charge in [0.1, 0.15) is 0 Å². The molecule has 0 saturated heterocycles. The Morgan fingerprint density at radius 2 is 2.00 bits per heavy atom. The fourth-order valence-electron chi connectivity index (χ4n) is 1.73. The van der Waals surface area contributed by atoms with Crippen LogP contribution in [0.5, 0.6) is 0 Å². The summed E-state index contributed by atoms with van der Waals surface area (Å²) in [5, 5.41) is 4.19. The van der Waals surface area contributed by atoms with Gasteiger partial charge in [-0.2, -0.15) is 5.10 Å². The maximum absolute atomic E-state index is 5.26. The summed E-state index contributed by atoms with van der Waals surface area (Å²) < 4.78 is 5.26. The molecule has 0 bridgehead atoms. The van der Waals surface area contributed by atoms with Crippen molar-refractivity contribution >= 4 is 11.9 Å². The molecule has 0 aliphatic rings. The van der Waals surface area contributed by atoms with E-state index in [1.54, 1.807) is 24.8 Å². The minimum atomic E-state index is 0.728. The van der Waals surface area contributed by atoms with Crippen molar-refractivity contribution in [2.45, 2.75) is 0 Å². The Kier molecular flexibility index (Phi) is 3.51. The zero-order valence-corrected chi connectivity index (χ0v) is 10.6. The van der Waals surface area contributed by atoms with Gasteiger partial charge in [-0.1, -0.05) is 12.1 Å². The third-order valence-corrected chi connectivity index (χ3v) is 2.69. The zero-order chi connectivity index (χ0) is 13.6. The monoisotopic (exact) mass is 264 g/mol. The van der Waals surface area contributed by atoms with Crippen LogP contribution in [0.1, 0.15) is 5.56 Å². The van der Waals surface area contributed by atoms with E-state index in [0.717, 1.165) is 22.6 Å². The molecule has 1 N–H and O–H groups in total. The lowest BCUT2D eigenvalue weighted by molar-refractivity contribution is 0.572. The van der Waals surface area contributed by atoms with E-state index in [0.29, 0.717) is 0 Å². The lowest BCUT2D eigenvalue weighted by Gasteiger charge is -2.02. The first-order chi connectivity index (χ1) is 9.92. The van der Waals surface area contributed by atoms with Crippen LogP contribution in [0, 0.1) is 0 Å². The number of aromatic nitrogens is 2. The van der Waals surface area contributed by atoms with E-state index in [-0.39, 0.29) is 0 Å². The van der Waals surface area contributed by atoms with Gasteiger partial charge in [-0.25, -0.2) is 4.98 Å². The van der Waals surface area contributed by atoms with E-state index in [2.05, 4.69) is 20.5 Å². The van der Waals surface area contributed by atoms with Crippen molar-refractivity contribution in [3.05, 3.63) is 66.9 Å². The van der Waals surface area contributed by atoms with E-state index >= 15 is 0 Å². The molecule has 20 heavy (non-hydrogen) atoms. The second-order valence-corrected chi connectivity index (χ2v) is 4.10. The van der Waals surface area contributed by atoms with Crippen LogP contribution in [-0.4, -0.2) is 16.2 Å². The van der Waals surface area contributed by atoms with Crippen molar-refractivity contribution in [3.8, 4) is 11.3 Å². The van der Waals surface area contributed by atoms with Crippen LogP contribution >= 0.6 is 0 Å². The number of hydrazone groups is 1. The molecule has 5 heteroatoms. The highest BCUT2D eigenvalue weighted by Gasteiger charge is 2.01. The summed E-state index contributed by atoms with van der Waals surface area (Å²) in [5.41, 5.74) is 5.80. The average molecular weight is 264 g/mol. The maximum Gasteiger partial charge on any atom is 0.181 e. The number of oxazole rings is 1. The quantitative estimate of drug-likeness (QED) is 0.580. The zero-order valence-electron chi connectivity index (χ0n) is 10.6. The first kappa shape index (κ1) is 12.1. The molecule has 0 amide bonds. The minimum Gasteiger partial charge on any atom is -0.444 e. The van der Waals surface area contributed by atoms with Gasteiger partial charge in [-0.3, -0.25) is 10.4 Å². The second-order valence-electron chi connectivity index (χ2n) is 4.10. The Labute approximate surface area is 116 Å². The number of benzene rings is 1. The summed E-state index contributed by atoms with van der Waals surface area (Å²) in [7, 11) is 0. The van der Waals surface area contributed by atoms with Gasteiger partial charge in [0.25, 0.3) is 0 Å².